The minimum Gasteiger partial charge on any atom is -0.345 e. The van der Waals surface area contributed by atoms with E-state index in [1.807, 2.05) is 18.2 Å². The largest absolute Gasteiger partial charge is 0.345 e. The van der Waals surface area contributed by atoms with Crippen LogP contribution < -0.4 is 5.32 Å². The maximum atomic E-state index is 11.0. The lowest BCUT2D eigenvalue weighted by Crippen LogP contribution is -2.11. The van der Waals surface area contributed by atoms with Crippen molar-refractivity contribution >= 4 is 32.9 Å². The summed E-state index contributed by atoms with van der Waals surface area (Å²) in [7, 11) is 0. The molecule has 1 aromatic rings. The number of amides is 1. The molecule has 0 radical (unpaired) electrons. The molecule has 1 fully saturated rings. The summed E-state index contributed by atoms with van der Waals surface area (Å²) in [5, 5.41) is 3.14. The van der Waals surface area contributed by atoms with Gasteiger partial charge >= 0.3 is 0 Å². The fourth-order valence-corrected chi connectivity index (χ4v) is 2.57. The Morgan fingerprint density at radius 3 is 3.00 bits per heavy atom. The highest BCUT2D eigenvalue weighted by Gasteiger charge is 2.23. The van der Waals surface area contributed by atoms with Crippen LogP contribution in [-0.2, 0) is 0 Å². The molecule has 1 unspecified atom stereocenters. The zero-order valence-electron chi connectivity index (χ0n) is 6.79. The molecule has 1 heterocycles. The molecule has 13 heavy (non-hydrogen) atoms. The van der Waals surface area contributed by atoms with Crippen molar-refractivity contribution in [3.63, 3.8) is 0 Å². The number of hydrogen-bond donors (Lipinski definition) is 1. The summed E-state index contributed by atoms with van der Waals surface area (Å²) in [6.07, 6.45) is 0. The molecule has 0 aromatic heterocycles. The predicted molar refractivity (Wildman–Crippen MR) is 57.9 cm³/mol. The first-order valence-electron chi connectivity index (χ1n) is 3.95. The summed E-state index contributed by atoms with van der Waals surface area (Å²) >= 11 is 4.77. The quantitative estimate of drug-likeness (QED) is 0.839. The highest BCUT2D eigenvalue weighted by Crippen LogP contribution is 2.33. The number of hydrogen-bond acceptors (Lipinski definition) is 2. The molecule has 1 aromatic carbocycles. The van der Waals surface area contributed by atoms with Crippen LogP contribution in [0.1, 0.15) is 10.8 Å². The Bertz CT molecular complexity index is 342. The maximum Gasteiger partial charge on any atom is 0.279 e. The van der Waals surface area contributed by atoms with Gasteiger partial charge in [-0.3, -0.25) is 4.79 Å². The third kappa shape index (κ3) is 2.06. The summed E-state index contributed by atoms with van der Waals surface area (Å²) in [5.41, 5.74) is 1.19. The molecule has 1 aliphatic heterocycles. The molecular formula is C9H8BrNOS. The number of benzene rings is 1. The molecule has 0 saturated carbocycles. The van der Waals surface area contributed by atoms with Crippen LogP contribution in [0.3, 0.4) is 0 Å². The lowest BCUT2D eigenvalue weighted by Gasteiger charge is -2.06. The molecule has 1 N–H and O–H groups in total. The van der Waals surface area contributed by atoms with Crippen LogP contribution in [0, 0.1) is 0 Å². The van der Waals surface area contributed by atoms with Crippen molar-refractivity contribution in [3.05, 3.63) is 34.3 Å². The molecule has 0 spiro atoms. The van der Waals surface area contributed by atoms with Gasteiger partial charge in [-0.15, -0.1) is 0 Å². The van der Waals surface area contributed by atoms with E-state index in [9.17, 15) is 4.79 Å². The summed E-state index contributed by atoms with van der Waals surface area (Å²) in [6, 6.07) is 8.07. The summed E-state index contributed by atoms with van der Waals surface area (Å²) in [6.45, 7) is 0.736. The van der Waals surface area contributed by atoms with Gasteiger partial charge in [0.1, 0.15) is 0 Å². The van der Waals surface area contributed by atoms with Gasteiger partial charge in [0, 0.05) is 11.0 Å². The summed E-state index contributed by atoms with van der Waals surface area (Å²) in [5.74, 6) is 0. The predicted octanol–water partition coefficient (Wildman–Crippen LogP) is 2.95. The molecular weight excluding hydrogens is 250 g/mol. The van der Waals surface area contributed by atoms with E-state index in [2.05, 4.69) is 27.3 Å². The fraction of sp³-hybridized carbons (Fsp3) is 0.222. The lowest BCUT2D eigenvalue weighted by molar-refractivity contribution is 0.262. The smallest absolute Gasteiger partial charge is 0.279 e. The standard InChI is InChI=1S/C9H8BrNOS/c10-7-3-1-2-6(4-7)8-5-11-9(12)13-8/h1-4,8H,5H2,(H,11,12). The first kappa shape index (κ1) is 9.09. The molecule has 0 aliphatic carbocycles. The van der Waals surface area contributed by atoms with E-state index in [1.165, 1.54) is 17.3 Å². The van der Waals surface area contributed by atoms with Gasteiger partial charge < -0.3 is 5.32 Å². The minimum atomic E-state index is 0.0741. The molecule has 68 valence electrons. The molecule has 2 rings (SSSR count). The molecule has 1 amide bonds. The van der Waals surface area contributed by atoms with Crippen LogP contribution in [0.2, 0.25) is 0 Å². The average Bonchev–Trinajstić information content (AvgIpc) is 2.52. The molecule has 1 saturated heterocycles. The van der Waals surface area contributed by atoms with E-state index in [4.69, 9.17) is 0 Å². The van der Waals surface area contributed by atoms with Crippen molar-refractivity contribution in [3.8, 4) is 0 Å². The number of rotatable bonds is 1. The lowest BCUT2D eigenvalue weighted by atomic mass is 10.1. The second-order valence-corrected chi connectivity index (χ2v) is 4.92. The van der Waals surface area contributed by atoms with Crippen molar-refractivity contribution < 1.29 is 4.79 Å². The SMILES string of the molecule is O=C1NCC(c2cccc(Br)c2)S1. The monoisotopic (exact) mass is 257 g/mol. The van der Waals surface area contributed by atoms with E-state index >= 15 is 0 Å². The van der Waals surface area contributed by atoms with Crippen molar-refractivity contribution in [2.45, 2.75) is 5.25 Å². The first-order chi connectivity index (χ1) is 6.25. The van der Waals surface area contributed by atoms with Gasteiger partial charge in [-0.1, -0.05) is 39.8 Å². The zero-order valence-corrected chi connectivity index (χ0v) is 9.19. The Labute approximate surface area is 89.2 Å². The Morgan fingerprint density at radius 1 is 1.54 bits per heavy atom. The second-order valence-electron chi connectivity index (χ2n) is 2.83. The van der Waals surface area contributed by atoms with Gasteiger partial charge in [0.2, 0.25) is 0 Å². The van der Waals surface area contributed by atoms with E-state index in [0.29, 0.717) is 0 Å². The topological polar surface area (TPSA) is 29.1 Å². The molecule has 2 nitrogen and oxygen atoms in total. The highest BCUT2D eigenvalue weighted by atomic mass is 79.9. The highest BCUT2D eigenvalue weighted by molar-refractivity contribution is 9.10. The van der Waals surface area contributed by atoms with Gasteiger partial charge in [0.05, 0.1) is 5.25 Å². The number of nitrogens with one attached hydrogen (secondary N) is 1. The fourth-order valence-electron chi connectivity index (χ4n) is 1.28. The first-order valence-corrected chi connectivity index (χ1v) is 5.63. The summed E-state index contributed by atoms with van der Waals surface area (Å²) in [4.78, 5) is 11.0. The van der Waals surface area contributed by atoms with Crippen LogP contribution in [0.15, 0.2) is 28.7 Å². The van der Waals surface area contributed by atoms with E-state index in [-0.39, 0.29) is 10.5 Å². The van der Waals surface area contributed by atoms with Gasteiger partial charge in [-0.25, -0.2) is 0 Å². The van der Waals surface area contributed by atoms with Crippen LogP contribution in [0.5, 0.6) is 0 Å². The zero-order chi connectivity index (χ0) is 9.26. The van der Waals surface area contributed by atoms with Gasteiger partial charge in [-0.05, 0) is 17.7 Å². The molecule has 1 aliphatic rings. The van der Waals surface area contributed by atoms with E-state index < -0.39 is 0 Å². The van der Waals surface area contributed by atoms with Crippen LogP contribution in [0.4, 0.5) is 4.79 Å². The van der Waals surface area contributed by atoms with Crippen molar-refractivity contribution in [2.75, 3.05) is 6.54 Å². The van der Waals surface area contributed by atoms with Crippen molar-refractivity contribution in [2.24, 2.45) is 0 Å². The number of carbonyl (C=O) groups excluding carboxylic acids is 1. The molecule has 4 heteroatoms. The van der Waals surface area contributed by atoms with Gasteiger partial charge in [-0.2, -0.15) is 0 Å². The second kappa shape index (κ2) is 3.72. The Kier molecular flexibility index (Phi) is 2.60. The molecule has 0 bridgehead atoms. The third-order valence-electron chi connectivity index (χ3n) is 1.90. The van der Waals surface area contributed by atoms with E-state index in [0.717, 1.165) is 11.0 Å². The molecule has 1 atom stereocenters. The Morgan fingerprint density at radius 2 is 2.38 bits per heavy atom. The van der Waals surface area contributed by atoms with Crippen molar-refractivity contribution in [1.82, 2.24) is 5.32 Å². The normalized spacial score (nSPS) is 21.6. The third-order valence-corrected chi connectivity index (χ3v) is 3.48. The van der Waals surface area contributed by atoms with Gasteiger partial charge in [0.25, 0.3) is 5.24 Å². The van der Waals surface area contributed by atoms with Crippen LogP contribution >= 0.6 is 27.7 Å². The van der Waals surface area contributed by atoms with Crippen LogP contribution in [0.25, 0.3) is 0 Å². The Balaban J connectivity index is 2.21. The maximum absolute atomic E-state index is 11.0. The van der Waals surface area contributed by atoms with Crippen molar-refractivity contribution in [1.29, 1.82) is 0 Å². The summed E-state index contributed by atoms with van der Waals surface area (Å²) < 4.78 is 1.06. The van der Waals surface area contributed by atoms with E-state index in [1.54, 1.807) is 0 Å². The van der Waals surface area contributed by atoms with Crippen LogP contribution in [-0.4, -0.2) is 11.8 Å². The Hall–Kier alpha value is -0.480. The number of thioether (sulfide) groups is 1. The van der Waals surface area contributed by atoms with Gasteiger partial charge in [0.15, 0.2) is 0 Å². The average molecular weight is 258 g/mol. The minimum absolute atomic E-state index is 0.0741. The number of halogens is 1. The number of carbonyl (C=O) groups is 1.